The van der Waals surface area contributed by atoms with Crippen molar-refractivity contribution in [2.45, 2.75) is 45.6 Å². The van der Waals surface area contributed by atoms with Gasteiger partial charge in [0.15, 0.2) is 0 Å². The Balaban J connectivity index is 2.19. The fraction of sp³-hybridized carbons (Fsp3) is 0.562. The minimum Gasteiger partial charge on any atom is -0.459 e. The van der Waals surface area contributed by atoms with Crippen LogP contribution < -0.4 is 5.32 Å². The molecule has 3 nitrogen and oxygen atoms in total. The summed E-state index contributed by atoms with van der Waals surface area (Å²) in [5, 5.41) is 3.13. The molecule has 1 N–H and O–H groups in total. The summed E-state index contributed by atoms with van der Waals surface area (Å²) in [4.78, 5) is 11.5. The molecule has 0 saturated heterocycles. The summed E-state index contributed by atoms with van der Waals surface area (Å²) < 4.78 is 5.23. The number of carbonyl (C=O) groups excluding carboxylic acids is 1. The van der Waals surface area contributed by atoms with Crippen molar-refractivity contribution in [3.8, 4) is 0 Å². The first kappa shape index (κ1) is 15.7. The van der Waals surface area contributed by atoms with E-state index in [1.165, 1.54) is 5.56 Å². The minimum absolute atomic E-state index is 0.195. The lowest BCUT2D eigenvalue weighted by atomic mass is 9.98. The number of benzene rings is 1. The zero-order chi connectivity index (χ0) is 14.3. The second-order valence-electron chi connectivity index (χ2n) is 5.86. The largest absolute Gasteiger partial charge is 0.459 e. The Labute approximate surface area is 116 Å². The number of hydrogen-bond donors (Lipinski definition) is 1. The molecule has 0 spiro atoms. The Kier molecular flexibility index (Phi) is 6.03. The summed E-state index contributed by atoms with van der Waals surface area (Å²) in [6.07, 6.45) is 1.01. The number of hydrogen-bond acceptors (Lipinski definition) is 3. The van der Waals surface area contributed by atoms with Crippen LogP contribution in [0.25, 0.3) is 0 Å². The van der Waals surface area contributed by atoms with E-state index in [9.17, 15) is 4.79 Å². The van der Waals surface area contributed by atoms with Gasteiger partial charge in [-0.25, -0.2) is 0 Å². The maximum Gasteiger partial charge on any atom is 0.320 e. The van der Waals surface area contributed by atoms with Gasteiger partial charge in [0.25, 0.3) is 0 Å². The quantitative estimate of drug-likeness (QED) is 0.633. The molecule has 0 fully saturated rings. The van der Waals surface area contributed by atoms with Crippen LogP contribution in [0.4, 0.5) is 0 Å². The SMILES string of the molecule is CC(CCNCC(=O)OC(C)(C)C)c1ccccc1. The molecule has 106 valence electrons. The fourth-order valence-corrected chi connectivity index (χ4v) is 1.83. The van der Waals surface area contributed by atoms with Crippen molar-refractivity contribution in [1.82, 2.24) is 5.32 Å². The highest BCUT2D eigenvalue weighted by molar-refractivity contribution is 5.72. The van der Waals surface area contributed by atoms with Gasteiger partial charge in [-0.15, -0.1) is 0 Å². The zero-order valence-corrected chi connectivity index (χ0v) is 12.4. The summed E-state index contributed by atoms with van der Waals surface area (Å²) in [6, 6.07) is 10.4. The molecule has 0 heterocycles. The van der Waals surface area contributed by atoms with Gasteiger partial charge in [-0.05, 0) is 45.2 Å². The molecule has 1 aromatic rings. The lowest BCUT2D eigenvalue weighted by Crippen LogP contribution is -2.32. The summed E-state index contributed by atoms with van der Waals surface area (Å²) in [6.45, 7) is 8.92. The molecule has 0 aliphatic heterocycles. The van der Waals surface area contributed by atoms with Gasteiger partial charge in [-0.1, -0.05) is 37.3 Å². The third-order valence-corrected chi connectivity index (χ3v) is 2.81. The lowest BCUT2D eigenvalue weighted by Gasteiger charge is -2.19. The Morgan fingerprint density at radius 3 is 2.47 bits per heavy atom. The molecule has 0 amide bonds. The molecule has 0 bridgehead atoms. The smallest absolute Gasteiger partial charge is 0.320 e. The molecule has 1 aromatic carbocycles. The summed E-state index contributed by atoms with van der Waals surface area (Å²) in [5.74, 6) is 0.298. The van der Waals surface area contributed by atoms with E-state index in [-0.39, 0.29) is 12.5 Å². The molecule has 3 heteroatoms. The second-order valence-corrected chi connectivity index (χ2v) is 5.86. The molecule has 0 aliphatic carbocycles. The Morgan fingerprint density at radius 1 is 1.26 bits per heavy atom. The van der Waals surface area contributed by atoms with Crippen LogP contribution in [0.5, 0.6) is 0 Å². The maximum atomic E-state index is 11.5. The van der Waals surface area contributed by atoms with Gasteiger partial charge in [0.2, 0.25) is 0 Å². The molecule has 1 rings (SSSR count). The molecule has 0 aliphatic rings. The predicted molar refractivity (Wildman–Crippen MR) is 78.2 cm³/mol. The first-order valence-corrected chi connectivity index (χ1v) is 6.86. The van der Waals surface area contributed by atoms with Crippen molar-refractivity contribution in [2.24, 2.45) is 0 Å². The molecule has 0 radical (unpaired) electrons. The van der Waals surface area contributed by atoms with Crippen molar-refractivity contribution in [3.63, 3.8) is 0 Å². The van der Waals surface area contributed by atoms with E-state index in [1.54, 1.807) is 0 Å². The van der Waals surface area contributed by atoms with Crippen LogP contribution in [0.15, 0.2) is 30.3 Å². The first-order chi connectivity index (χ1) is 8.88. The van der Waals surface area contributed by atoms with E-state index >= 15 is 0 Å². The fourth-order valence-electron chi connectivity index (χ4n) is 1.83. The van der Waals surface area contributed by atoms with Crippen LogP contribution in [0.1, 0.15) is 45.6 Å². The van der Waals surface area contributed by atoms with Gasteiger partial charge >= 0.3 is 5.97 Å². The topological polar surface area (TPSA) is 38.3 Å². The van der Waals surface area contributed by atoms with E-state index in [0.717, 1.165) is 13.0 Å². The number of carbonyl (C=O) groups is 1. The predicted octanol–water partition coefficient (Wildman–Crippen LogP) is 3.11. The van der Waals surface area contributed by atoms with Crippen LogP contribution in [0.2, 0.25) is 0 Å². The molecule has 1 unspecified atom stereocenters. The average Bonchev–Trinajstić information content (AvgIpc) is 2.33. The van der Waals surface area contributed by atoms with Crippen LogP contribution in [0, 0.1) is 0 Å². The average molecular weight is 263 g/mol. The van der Waals surface area contributed by atoms with Crippen molar-refractivity contribution in [2.75, 3.05) is 13.1 Å². The zero-order valence-electron chi connectivity index (χ0n) is 12.4. The van der Waals surface area contributed by atoms with Gasteiger partial charge in [0.1, 0.15) is 5.60 Å². The number of rotatable bonds is 6. The third-order valence-electron chi connectivity index (χ3n) is 2.81. The van der Waals surface area contributed by atoms with E-state index in [0.29, 0.717) is 5.92 Å². The highest BCUT2D eigenvalue weighted by Gasteiger charge is 2.15. The highest BCUT2D eigenvalue weighted by Crippen LogP contribution is 2.17. The first-order valence-electron chi connectivity index (χ1n) is 6.86. The summed E-state index contributed by atoms with van der Waals surface area (Å²) in [7, 11) is 0. The summed E-state index contributed by atoms with van der Waals surface area (Å²) in [5.41, 5.74) is 0.928. The highest BCUT2D eigenvalue weighted by atomic mass is 16.6. The van der Waals surface area contributed by atoms with E-state index < -0.39 is 5.60 Å². The van der Waals surface area contributed by atoms with Gasteiger partial charge in [-0.3, -0.25) is 4.79 Å². The van der Waals surface area contributed by atoms with Crippen molar-refractivity contribution in [1.29, 1.82) is 0 Å². The molecule has 19 heavy (non-hydrogen) atoms. The molecular weight excluding hydrogens is 238 g/mol. The van der Waals surface area contributed by atoms with Gasteiger partial charge in [0, 0.05) is 0 Å². The monoisotopic (exact) mass is 263 g/mol. The number of esters is 1. The summed E-state index contributed by atoms with van der Waals surface area (Å²) >= 11 is 0. The Bertz CT molecular complexity index is 381. The van der Waals surface area contributed by atoms with E-state index in [2.05, 4.69) is 36.5 Å². The molecule has 1 atom stereocenters. The number of nitrogens with one attached hydrogen (secondary N) is 1. The van der Waals surface area contributed by atoms with Gasteiger partial charge < -0.3 is 10.1 Å². The Hall–Kier alpha value is -1.35. The van der Waals surface area contributed by atoms with Crippen LogP contribution in [-0.2, 0) is 9.53 Å². The minimum atomic E-state index is -0.407. The van der Waals surface area contributed by atoms with Gasteiger partial charge in [0.05, 0.1) is 6.54 Å². The van der Waals surface area contributed by atoms with Gasteiger partial charge in [-0.2, -0.15) is 0 Å². The van der Waals surface area contributed by atoms with Crippen molar-refractivity contribution >= 4 is 5.97 Å². The second kappa shape index (κ2) is 7.29. The number of ether oxygens (including phenoxy) is 1. The molecular formula is C16H25NO2. The molecule has 0 saturated carbocycles. The van der Waals surface area contributed by atoms with Crippen molar-refractivity contribution in [3.05, 3.63) is 35.9 Å². The van der Waals surface area contributed by atoms with Crippen molar-refractivity contribution < 1.29 is 9.53 Å². The standard InChI is InChI=1S/C16H25NO2/c1-13(14-8-6-5-7-9-14)10-11-17-12-15(18)19-16(2,3)4/h5-9,13,17H,10-12H2,1-4H3. The van der Waals surface area contributed by atoms with Crippen LogP contribution in [0.3, 0.4) is 0 Å². The van der Waals surface area contributed by atoms with Crippen LogP contribution in [-0.4, -0.2) is 24.7 Å². The molecule has 0 aromatic heterocycles. The van der Waals surface area contributed by atoms with E-state index in [4.69, 9.17) is 4.74 Å². The third kappa shape index (κ3) is 6.97. The Morgan fingerprint density at radius 2 is 1.89 bits per heavy atom. The van der Waals surface area contributed by atoms with Crippen LogP contribution >= 0.6 is 0 Å². The normalized spacial score (nSPS) is 13.1. The lowest BCUT2D eigenvalue weighted by molar-refractivity contribution is -0.153. The van der Waals surface area contributed by atoms with E-state index in [1.807, 2.05) is 26.8 Å². The maximum absolute atomic E-state index is 11.5.